The summed E-state index contributed by atoms with van der Waals surface area (Å²) in [6, 6.07) is 5.51. The van der Waals surface area contributed by atoms with E-state index in [1.54, 1.807) is 6.07 Å². The number of hydrogen-bond donors (Lipinski definition) is 0. The molecule has 2 amide bonds. The van der Waals surface area contributed by atoms with Crippen LogP contribution in [-0.4, -0.2) is 72.3 Å². The van der Waals surface area contributed by atoms with E-state index in [1.807, 2.05) is 21.9 Å². The Hall–Kier alpha value is -1.30. The number of carbonyl (C=O) groups is 2. The first-order chi connectivity index (χ1) is 13.0. The fourth-order valence-corrected chi connectivity index (χ4v) is 4.15. The minimum absolute atomic E-state index is 0.132. The first kappa shape index (κ1) is 20.4. The summed E-state index contributed by atoms with van der Waals surface area (Å²) in [6.07, 6.45) is 4.47. The molecule has 2 fully saturated rings. The topological polar surface area (TPSA) is 43.9 Å². The Morgan fingerprint density at radius 1 is 0.852 bits per heavy atom. The Labute approximate surface area is 171 Å². The molecule has 2 heterocycles. The van der Waals surface area contributed by atoms with Crippen molar-refractivity contribution < 1.29 is 9.59 Å². The third-order valence-corrected chi connectivity index (χ3v) is 6.29. The van der Waals surface area contributed by atoms with Crippen LogP contribution in [0, 0.1) is 0 Å². The molecule has 1 aromatic carbocycles. The van der Waals surface area contributed by atoms with Gasteiger partial charge in [-0.15, -0.1) is 0 Å². The standard InChI is InChI=1S/C20H27Cl2N3O2/c21-17-6-4-5-16(20(17)22)7-8-18(26)25-13-11-23(12-14-25)15-19(27)24-9-2-1-3-10-24/h4-6H,1-3,7-15H2. The van der Waals surface area contributed by atoms with Crippen LogP contribution in [0.5, 0.6) is 0 Å². The highest BCUT2D eigenvalue weighted by atomic mass is 35.5. The molecule has 1 aromatic rings. The van der Waals surface area contributed by atoms with E-state index in [-0.39, 0.29) is 11.8 Å². The SMILES string of the molecule is O=C(CCc1cccc(Cl)c1Cl)N1CCN(CC(=O)N2CCCCC2)CC1. The van der Waals surface area contributed by atoms with Crippen LogP contribution in [0.2, 0.25) is 10.0 Å². The number of amides is 2. The van der Waals surface area contributed by atoms with Gasteiger partial charge < -0.3 is 9.80 Å². The van der Waals surface area contributed by atoms with Crippen LogP contribution in [0.1, 0.15) is 31.2 Å². The Balaban J connectivity index is 1.41. The fraction of sp³-hybridized carbons (Fsp3) is 0.600. The lowest BCUT2D eigenvalue weighted by molar-refractivity contribution is -0.135. The quantitative estimate of drug-likeness (QED) is 0.747. The maximum Gasteiger partial charge on any atom is 0.236 e. The molecule has 0 unspecified atom stereocenters. The van der Waals surface area contributed by atoms with Crippen LogP contribution >= 0.6 is 23.2 Å². The predicted molar refractivity (Wildman–Crippen MR) is 108 cm³/mol. The van der Waals surface area contributed by atoms with Gasteiger partial charge >= 0.3 is 0 Å². The number of benzene rings is 1. The maximum atomic E-state index is 12.5. The normalized spacial score (nSPS) is 18.6. The van der Waals surface area contributed by atoms with Crippen LogP contribution in [0.25, 0.3) is 0 Å². The number of piperazine rings is 1. The van der Waals surface area contributed by atoms with Gasteiger partial charge in [0.15, 0.2) is 0 Å². The lowest BCUT2D eigenvalue weighted by Gasteiger charge is -2.36. The third kappa shape index (κ3) is 5.59. The molecule has 0 aromatic heterocycles. The number of hydrogen-bond acceptors (Lipinski definition) is 3. The zero-order valence-electron chi connectivity index (χ0n) is 15.6. The monoisotopic (exact) mass is 411 g/mol. The summed E-state index contributed by atoms with van der Waals surface area (Å²) in [5.74, 6) is 0.359. The number of piperidine rings is 1. The first-order valence-corrected chi connectivity index (χ1v) is 10.5. The van der Waals surface area contributed by atoms with E-state index >= 15 is 0 Å². The highest BCUT2D eigenvalue weighted by Gasteiger charge is 2.24. The minimum atomic E-state index is 0.132. The Morgan fingerprint density at radius 2 is 1.52 bits per heavy atom. The van der Waals surface area contributed by atoms with Crippen LogP contribution in [0.15, 0.2) is 18.2 Å². The van der Waals surface area contributed by atoms with Gasteiger partial charge in [-0.05, 0) is 37.3 Å². The van der Waals surface area contributed by atoms with Crippen molar-refractivity contribution in [1.82, 2.24) is 14.7 Å². The zero-order valence-corrected chi connectivity index (χ0v) is 17.1. The molecule has 148 valence electrons. The molecule has 0 bridgehead atoms. The van der Waals surface area contributed by atoms with Crippen molar-refractivity contribution in [2.24, 2.45) is 0 Å². The lowest BCUT2D eigenvalue weighted by Crippen LogP contribution is -2.52. The van der Waals surface area contributed by atoms with Crippen molar-refractivity contribution in [2.75, 3.05) is 45.8 Å². The van der Waals surface area contributed by atoms with Crippen molar-refractivity contribution in [2.45, 2.75) is 32.1 Å². The number of likely N-dealkylation sites (tertiary alicyclic amines) is 1. The van der Waals surface area contributed by atoms with Gasteiger partial charge in [-0.25, -0.2) is 0 Å². The molecule has 0 saturated carbocycles. The molecule has 5 nitrogen and oxygen atoms in total. The maximum absolute atomic E-state index is 12.5. The number of rotatable bonds is 5. The third-order valence-electron chi connectivity index (χ3n) is 5.43. The highest BCUT2D eigenvalue weighted by Crippen LogP contribution is 2.26. The van der Waals surface area contributed by atoms with Crippen molar-refractivity contribution >= 4 is 35.0 Å². The summed E-state index contributed by atoms with van der Waals surface area (Å²) in [6.45, 7) is 5.12. The van der Waals surface area contributed by atoms with Crippen molar-refractivity contribution in [3.8, 4) is 0 Å². The van der Waals surface area contributed by atoms with E-state index in [0.717, 1.165) is 44.6 Å². The molecule has 0 aliphatic carbocycles. The van der Waals surface area contributed by atoms with E-state index in [0.29, 0.717) is 42.5 Å². The minimum Gasteiger partial charge on any atom is -0.342 e. The summed E-state index contributed by atoms with van der Waals surface area (Å²) in [4.78, 5) is 30.9. The van der Waals surface area contributed by atoms with Crippen molar-refractivity contribution in [1.29, 1.82) is 0 Å². The first-order valence-electron chi connectivity index (χ1n) is 9.75. The van der Waals surface area contributed by atoms with Gasteiger partial charge in [0.2, 0.25) is 11.8 Å². The highest BCUT2D eigenvalue weighted by molar-refractivity contribution is 6.42. The molecule has 0 radical (unpaired) electrons. The Kier molecular flexibility index (Phi) is 7.39. The van der Waals surface area contributed by atoms with E-state index in [1.165, 1.54) is 6.42 Å². The summed E-state index contributed by atoms with van der Waals surface area (Å²) >= 11 is 12.2. The molecule has 0 N–H and O–H groups in total. The molecule has 0 spiro atoms. The van der Waals surface area contributed by atoms with Crippen molar-refractivity contribution in [3.05, 3.63) is 33.8 Å². The van der Waals surface area contributed by atoms with E-state index in [2.05, 4.69) is 4.90 Å². The summed E-state index contributed by atoms with van der Waals surface area (Å²) in [7, 11) is 0. The number of carbonyl (C=O) groups excluding carboxylic acids is 2. The average Bonchev–Trinajstić information content (AvgIpc) is 2.70. The second-order valence-electron chi connectivity index (χ2n) is 7.31. The molecular weight excluding hydrogens is 385 g/mol. The molecule has 3 rings (SSSR count). The predicted octanol–water partition coefficient (Wildman–Crippen LogP) is 3.08. The number of aryl methyl sites for hydroxylation is 1. The molecule has 0 atom stereocenters. The summed E-state index contributed by atoms with van der Waals surface area (Å²) in [5.41, 5.74) is 0.906. The van der Waals surface area contributed by atoms with Crippen LogP contribution in [0.4, 0.5) is 0 Å². The van der Waals surface area contributed by atoms with Crippen LogP contribution < -0.4 is 0 Å². The smallest absolute Gasteiger partial charge is 0.236 e. The second kappa shape index (κ2) is 9.76. The molecule has 2 saturated heterocycles. The molecule has 27 heavy (non-hydrogen) atoms. The van der Waals surface area contributed by atoms with Crippen molar-refractivity contribution in [3.63, 3.8) is 0 Å². The molecule has 2 aliphatic rings. The van der Waals surface area contributed by atoms with Crippen LogP contribution in [-0.2, 0) is 16.0 Å². The average molecular weight is 412 g/mol. The van der Waals surface area contributed by atoms with E-state index in [4.69, 9.17) is 23.2 Å². The van der Waals surface area contributed by atoms with Gasteiger partial charge in [-0.3, -0.25) is 14.5 Å². The molecule has 7 heteroatoms. The van der Waals surface area contributed by atoms with Gasteiger partial charge in [0, 0.05) is 45.7 Å². The second-order valence-corrected chi connectivity index (χ2v) is 8.10. The Bertz CT molecular complexity index is 669. The van der Waals surface area contributed by atoms with Gasteiger partial charge in [0.25, 0.3) is 0 Å². The largest absolute Gasteiger partial charge is 0.342 e. The van der Waals surface area contributed by atoms with Gasteiger partial charge in [0.05, 0.1) is 16.6 Å². The number of nitrogens with zero attached hydrogens (tertiary/aromatic N) is 3. The lowest BCUT2D eigenvalue weighted by atomic mass is 10.1. The molecular formula is C20H27Cl2N3O2. The van der Waals surface area contributed by atoms with Gasteiger partial charge in [0.1, 0.15) is 0 Å². The zero-order chi connectivity index (χ0) is 19.2. The van der Waals surface area contributed by atoms with Gasteiger partial charge in [-0.1, -0.05) is 35.3 Å². The number of halogens is 2. The molecule has 2 aliphatic heterocycles. The van der Waals surface area contributed by atoms with Gasteiger partial charge in [-0.2, -0.15) is 0 Å². The van der Waals surface area contributed by atoms with E-state index in [9.17, 15) is 9.59 Å². The Morgan fingerprint density at radius 3 is 2.22 bits per heavy atom. The fourth-order valence-electron chi connectivity index (χ4n) is 3.73. The summed E-state index contributed by atoms with van der Waals surface area (Å²) in [5, 5.41) is 1.06. The van der Waals surface area contributed by atoms with Crippen LogP contribution in [0.3, 0.4) is 0 Å². The van der Waals surface area contributed by atoms with E-state index < -0.39 is 0 Å². The summed E-state index contributed by atoms with van der Waals surface area (Å²) < 4.78 is 0.